The number of carbonyl (C=O) groups excluding carboxylic acids is 2. The highest BCUT2D eigenvalue weighted by molar-refractivity contribution is 5.96. The summed E-state index contributed by atoms with van der Waals surface area (Å²) >= 11 is 0. The second-order valence-electron chi connectivity index (χ2n) is 6.30. The van der Waals surface area contributed by atoms with Gasteiger partial charge >= 0.3 is 5.97 Å². The van der Waals surface area contributed by atoms with Crippen LogP contribution in [0.15, 0.2) is 42.5 Å². The summed E-state index contributed by atoms with van der Waals surface area (Å²) in [6.45, 7) is 3.81. The molecule has 0 radical (unpaired) electrons. The number of nitro groups is 1. The number of hydrogen-bond donors (Lipinski definition) is 1. The Balaban J connectivity index is 1.95. The predicted octanol–water partition coefficient (Wildman–Crippen LogP) is 3.51. The quantitative estimate of drug-likeness (QED) is 0.358. The van der Waals surface area contributed by atoms with Crippen LogP contribution in [0, 0.1) is 10.1 Å². The van der Waals surface area contributed by atoms with Gasteiger partial charge in [0, 0.05) is 18.6 Å². The molecule has 160 valence electrons. The molecule has 0 spiro atoms. The summed E-state index contributed by atoms with van der Waals surface area (Å²) in [6.07, 6.45) is -0.618. The second-order valence-corrected chi connectivity index (χ2v) is 6.30. The highest BCUT2D eigenvalue weighted by Crippen LogP contribution is 2.29. The number of nitro benzene ring substituents is 1. The van der Waals surface area contributed by atoms with Crippen LogP contribution in [0.5, 0.6) is 11.5 Å². The monoisotopic (exact) mass is 416 g/mol. The number of amides is 1. The molecule has 0 bridgehead atoms. The Morgan fingerprint density at radius 3 is 2.57 bits per heavy atom. The first-order chi connectivity index (χ1) is 14.3. The first-order valence-corrected chi connectivity index (χ1v) is 9.39. The largest absolute Gasteiger partial charge is 0.495 e. The van der Waals surface area contributed by atoms with Crippen molar-refractivity contribution in [3.63, 3.8) is 0 Å². The molecule has 9 nitrogen and oxygen atoms in total. The van der Waals surface area contributed by atoms with Gasteiger partial charge in [-0.25, -0.2) is 0 Å². The summed E-state index contributed by atoms with van der Waals surface area (Å²) in [5.74, 6) is -0.219. The van der Waals surface area contributed by atoms with Crippen molar-refractivity contribution in [2.75, 3.05) is 19.0 Å². The standard InChI is InChI=1S/C21H24N2O7/c1-4-29-18-8-6-5-7-15(18)9-12-20(24)30-14(2)21(25)22-17-13-16(23(26)27)10-11-19(17)28-3/h5-8,10-11,13-14H,4,9,12H2,1-3H3,(H,22,25). The van der Waals surface area contributed by atoms with E-state index in [2.05, 4.69) is 5.32 Å². The molecule has 2 rings (SSSR count). The van der Waals surface area contributed by atoms with E-state index in [9.17, 15) is 19.7 Å². The van der Waals surface area contributed by atoms with Crippen molar-refractivity contribution < 1.29 is 28.7 Å². The average molecular weight is 416 g/mol. The van der Waals surface area contributed by atoms with E-state index in [-0.39, 0.29) is 23.5 Å². The number of anilines is 1. The summed E-state index contributed by atoms with van der Waals surface area (Å²) in [5, 5.41) is 13.4. The van der Waals surface area contributed by atoms with Crippen molar-refractivity contribution in [1.29, 1.82) is 0 Å². The summed E-state index contributed by atoms with van der Waals surface area (Å²) in [5.41, 5.74) is 0.781. The smallest absolute Gasteiger partial charge is 0.306 e. The lowest BCUT2D eigenvalue weighted by Crippen LogP contribution is -2.30. The van der Waals surface area contributed by atoms with E-state index >= 15 is 0 Å². The summed E-state index contributed by atoms with van der Waals surface area (Å²) in [4.78, 5) is 34.9. The van der Waals surface area contributed by atoms with Crippen molar-refractivity contribution in [2.24, 2.45) is 0 Å². The molecule has 1 amide bonds. The number of carbonyl (C=O) groups is 2. The fourth-order valence-electron chi connectivity index (χ4n) is 2.69. The predicted molar refractivity (Wildman–Crippen MR) is 110 cm³/mol. The molecule has 0 saturated heterocycles. The lowest BCUT2D eigenvalue weighted by molar-refractivity contribution is -0.384. The third-order valence-corrected chi connectivity index (χ3v) is 4.20. The Labute approximate surface area is 174 Å². The first kappa shape index (κ1) is 22.7. The van der Waals surface area contributed by atoms with Gasteiger partial charge in [0.2, 0.25) is 0 Å². The number of benzene rings is 2. The van der Waals surface area contributed by atoms with Crippen LogP contribution in [0.3, 0.4) is 0 Å². The van der Waals surface area contributed by atoms with E-state index in [1.54, 1.807) is 0 Å². The topological polar surface area (TPSA) is 117 Å². The number of aryl methyl sites for hydroxylation is 1. The van der Waals surface area contributed by atoms with E-state index in [1.807, 2.05) is 31.2 Å². The molecular formula is C21H24N2O7. The fourth-order valence-corrected chi connectivity index (χ4v) is 2.69. The SMILES string of the molecule is CCOc1ccccc1CCC(=O)OC(C)C(=O)Nc1cc([N+](=O)[O-])ccc1OC. The minimum atomic E-state index is -1.09. The van der Waals surface area contributed by atoms with Gasteiger partial charge in [-0.15, -0.1) is 0 Å². The number of methoxy groups -OCH3 is 1. The highest BCUT2D eigenvalue weighted by atomic mass is 16.6. The molecule has 0 aromatic heterocycles. The van der Waals surface area contributed by atoms with Crippen molar-refractivity contribution in [3.8, 4) is 11.5 Å². The van der Waals surface area contributed by atoms with Gasteiger partial charge in [0.25, 0.3) is 11.6 Å². The van der Waals surface area contributed by atoms with Gasteiger partial charge in [0.05, 0.1) is 24.3 Å². The van der Waals surface area contributed by atoms with Crippen LogP contribution in [-0.4, -0.2) is 36.6 Å². The Kier molecular flexibility index (Phi) is 8.16. The lowest BCUT2D eigenvalue weighted by atomic mass is 10.1. The molecule has 1 unspecified atom stereocenters. The molecule has 1 atom stereocenters. The molecule has 2 aromatic rings. The minimum absolute atomic E-state index is 0.0713. The number of rotatable bonds is 10. The summed E-state index contributed by atoms with van der Waals surface area (Å²) in [7, 11) is 1.38. The average Bonchev–Trinajstić information content (AvgIpc) is 2.73. The third kappa shape index (κ3) is 6.20. The number of non-ortho nitro benzene ring substituents is 1. The number of hydrogen-bond acceptors (Lipinski definition) is 7. The van der Waals surface area contributed by atoms with Gasteiger partial charge in [0.15, 0.2) is 6.10 Å². The fraction of sp³-hybridized carbons (Fsp3) is 0.333. The molecule has 9 heteroatoms. The molecule has 0 aliphatic rings. The van der Waals surface area contributed by atoms with Gasteiger partial charge in [-0.3, -0.25) is 19.7 Å². The molecular weight excluding hydrogens is 392 g/mol. The maximum Gasteiger partial charge on any atom is 0.306 e. The number of para-hydroxylation sites is 1. The molecule has 0 saturated carbocycles. The number of ether oxygens (including phenoxy) is 3. The van der Waals surface area contributed by atoms with Gasteiger partial charge in [-0.05, 0) is 38.0 Å². The van der Waals surface area contributed by atoms with Crippen LogP contribution in [0.2, 0.25) is 0 Å². The van der Waals surface area contributed by atoms with Gasteiger partial charge in [-0.1, -0.05) is 18.2 Å². The zero-order chi connectivity index (χ0) is 22.1. The molecule has 0 heterocycles. The number of nitrogens with zero attached hydrogens (tertiary/aromatic N) is 1. The molecule has 0 aliphatic heterocycles. The van der Waals surface area contributed by atoms with E-state index < -0.39 is 22.9 Å². The van der Waals surface area contributed by atoms with Gasteiger partial charge in [-0.2, -0.15) is 0 Å². The number of esters is 1. The van der Waals surface area contributed by atoms with E-state index in [0.717, 1.165) is 5.56 Å². The summed E-state index contributed by atoms with van der Waals surface area (Å²) in [6, 6.07) is 11.2. The molecule has 0 fully saturated rings. The third-order valence-electron chi connectivity index (χ3n) is 4.20. The van der Waals surface area contributed by atoms with Crippen LogP contribution >= 0.6 is 0 Å². The van der Waals surface area contributed by atoms with Crippen molar-refractivity contribution >= 4 is 23.3 Å². The Morgan fingerprint density at radius 1 is 1.17 bits per heavy atom. The zero-order valence-electron chi connectivity index (χ0n) is 17.0. The lowest BCUT2D eigenvalue weighted by Gasteiger charge is -2.15. The van der Waals surface area contributed by atoms with Crippen LogP contribution < -0.4 is 14.8 Å². The van der Waals surface area contributed by atoms with Crippen LogP contribution in [-0.2, 0) is 20.7 Å². The maximum absolute atomic E-state index is 12.4. The first-order valence-electron chi connectivity index (χ1n) is 9.39. The Morgan fingerprint density at radius 2 is 1.90 bits per heavy atom. The van der Waals surface area contributed by atoms with Crippen LogP contribution in [0.25, 0.3) is 0 Å². The second kappa shape index (κ2) is 10.8. The Hall–Kier alpha value is -3.62. The van der Waals surface area contributed by atoms with Crippen molar-refractivity contribution in [3.05, 3.63) is 58.1 Å². The van der Waals surface area contributed by atoms with E-state index in [1.165, 1.54) is 32.2 Å². The number of nitrogens with one attached hydrogen (secondary N) is 1. The molecule has 1 N–H and O–H groups in total. The maximum atomic E-state index is 12.4. The zero-order valence-corrected chi connectivity index (χ0v) is 17.0. The van der Waals surface area contributed by atoms with Crippen LogP contribution in [0.4, 0.5) is 11.4 Å². The molecule has 30 heavy (non-hydrogen) atoms. The molecule has 0 aliphatic carbocycles. The normalized spacial score (nSPS) is 11.3. The summed E-state index contributed by atoms with van der Waals surface area (Å²) < 4.78 is 15.8. The van der Waals surface area contributed by atoms with Crippen molar-refractivity contribution in [1.82, 2.24) is 0 Å². The van der Waals surface area contributed by atoms with E-state index in [0.29, 0.717) is 18.8 Å². The van der Waals surface area contributed by atoms with Crippen molar-refractivity contribution in [2.45, 2.75) is 32.8 Å². The van der Waals surface area contributed by atoms with Crippen LogP contribution in [0.1, 0.15) is 25.8 Å². The highest BCUT2D eigenvalue weighted by Gasteiger charge is 2.21. The van der Waals surface area contributed by atoms with Gasteiger partial charge in [0.1, 0.15) is 11.5 Å². The van der Waals surface area contributed by atoms with Gasteiger partial charge < -0.3 is 19.5 Å². The Bertz CT molecular complexity index is 914. The minimum Gasteiger partial charge on any atom is -0.495 e. The molecule has 2 aromatic carbocycles. The van der Waals surface area contributed by atoms with E-state index in [4.69, 9.17) is 14.2 Å².